The minimum atomic E-state index is 0.258. The van der Waals surface area contributed by atoms with Crippen molar-refractivity contribution in [1.82, 2.24) is 5.32 Å². The summed E-state index contributed by atoms with van der Waals surface area (Å²) >= 11 is 0. The number of hydrogen-bond acceptors (Lipinski definition) is 4. The summed E-state index contributed by atoms with van der Waals surface area (Å²) in [5, 5.41) is 3.49. The molecule has 0 saturated carbocycles. The zero-order valence-corrected chi connectivity index (χ0v) is 19.6. The highest BCUT2D eigenvalue weighted by Gasteiger charge is 2.20. The smallest absolute Gasteiger partial charge is 0.162 e. The molecule has 3 aromatic rings. The molecule has 0 saturated heterocycles. The van der Waals surface area contributed by atoms with Crippen LogP contribution < -0.4 is 15.0 Å². The van der Waals surface area contributed by atoms with Gasteiger partial charge in [-0.25, -0.2) is 0 Å². The van der Waals surface area contributed by atoms with E-state index >= 15 is 0 Å². The zero-order chi connectivity index (χ0) is 22.9. The van der Waals surface area contributed by atoms with Gasteiger partial charge in [-0.15, -0.1) is 0 Å². The van der Waals surface area contributed by atoms with Crippen LogP contribution in [0.1, 0.15) is 46.3 Å². The second-order valence-corrected chi connectivity index (χ2v) is 8.69. The third-order valence-electron chi connectivity index (χ3n) is 6.38. The quantitative estimate of drug-likeness (QED) is 0.299. The number of carbonyl (C=O) groups is 1. The predicted octanol–water partition coefficient (Wildman–Crippen LogP) is 5.44. The fourth-order valence-corrected chi connectivity index (χ4v) is 4.55. The summed E-state index contributed by atoms with van der Waals surface area (Å²) in [4.78, 5) is 15.1. The van der Waals surface area contributed by atoms with E-state index in [1.54, 1.807) is 7.11 Å². The highest BCUT2D eigenvalue weighted by Crippen LogP contribution is 2.30. The molecular formula is C29H34N2O2. The summed E-state index contributed by atoms with van der Waals surface area (Å²) in [6.07, 6.45) is 4.49. The van der Waals surface area contributed by atoms with Gasteiger partial charge in [0.25, 0.3) is 0 Å². The van der Waals surface area contributed by atoms with Crippen LogP contribution in [-0.4, -0.2) is 32.5 Å². The summed E-state index contributed by atoms with van der Waals surface area (Å²) in [7, 11) is 1.71. The number of fused-ring (bicyclic) bond motifs is 1. The van der Waals surface area contributed by atoms with E-state index in [1.807, 2.05) is 24.3 Å². The number of hydrogen-bond donors (Lipinski definition) is 1. The van der Waals surface area contributed by atoms with E-state index in [9.17, 15) is 4.79 Å². The number of ketones is 1. The average molecular weight is 443 g/mol. The maximum Gasteiger partial charge on any atom is 0.162 e. The minimum Gasteiger partial charge on any atom is -0.496 e. The van der Waals surface area contributed by atoms with Gasteiger partial charge < -0.3 is 15.0 Å². The monoisotopic (exact) mass is 442 g/mol. The molecule has 4 rings (SSSR count). The SMILES string of the molecule is COc1ccccc1CCNCCCCC(=O)c1ccc2c(c1)CCN2Cc1ccccc1. The van der Waals surface area contributed by atoms with Crippen LogP contribution in [0.25, 0.3) is 0 Å². The Kier molecular flexibility index (Phi) is 8.15. The van der Waals surface area contributed by atoms with Crippen LogP contribution in [0.4, 0.5) is 5.69 Å². The van der Waals surface area contributed by atoms with Gasteiger partial charge in [-0.05, 0) is 79.7 Å². The summed E-state index contributed by atoms with van der Waals surface area (Å²) in [5.74, 6) is 1.20. The van der Waals surface area contributed by atoms with Gasteiger partial charge in [0.2, 0.25) is 0 Å². The molecule has 0 amide bonds. The Balaban J connectivity index is 1.17. The number of para-hydroxylation sites is 1. The van der Waals surface area contributed by atoms with Gasteiger partial charge in [-0.2, -0.15) is 0 Å². The van der Waals surface area contributed by atoms with Crippen molar-refractivity contribution < 1.29 is 9.53 Å². The Morgan fingerprint density at radius 3 is 2.64 bits per heavy atom. The average Bonchev–Trinajstić information content (AvgIpc) is 3.26. The minimum absolute atomic E-state index is 0.258. The van der Waals surface area contributed by atoms with Crippen molar-refractivity contribution in [3.05, 3.63) is 95.1 Å². The molecule has 1 N–H and O–H groups in total. The molecule has 1 aliphatic rings. The molecule has 0 aromatic heterocycles. The normalized spacial score (nSPS) is 12.6. The van der Waals surface area contributed by atoms with Crippen LogP contribution in [0.15, 0.2) is 72.8 Å². The van der Waals surface area contributed by atoms with E-state index in [1.165, 1.54) is 22.4 Å². The van der Waals surface area contributed by atoms with Crippen LogP contribution in [0.3, 0.4) is 0 Å². The Morgan fingerprint density at radius 2 is 1.79 bits per heavy atom. The van der Waals surface area contributed by atoms with E-state index in [4.69, 9.17) is 4.74 Å². The Labute approximate surface area is 197 Å². The number of nitrogens with one attached hydrogen (secondary N) is 1. The van der Waals surface area contributed by atoms with Crippen LogP contribution >= 0.6 is 0 Å². The molecule has 3 aromatic carbocycles. The standard InChI is InChI=1S/C29H34N2O2/c1-33-29-13-6-5-11-24(29)16-19-30-18-8-7-12-28(32)26-14-15-27-25(21-26)17-20-31(27)22-23-9-3-2-4-10-23/h2-6,9-11,13-15,21,30H,7-8,12,16-20,22H2,1H3. The lowest BCUT2D eigenvalue weighted by Gasteiger charge is -2.19. The van der Waals surface area contributed by atoms with E-state index in [-0.39, 0.29) is 5.78 Å². The molecule has 0 unspecified atom stereocenters. The second-order valence-electron chi connectivity index (χ2n) is 8.69. The molecule has 1 aliphatic heterocycles. The Hall–Kier alpha value is -3.11. The van der Waals surface area contributed by atoms with Crippen LogP contribution in [-0.2, 0) is 19.4 Å². The van der Waals surface area contributed by atoms with Crippen LogP contribution in [0, 0.1) is 0 Å². The molecule has 1 heterocycles. The number of Topliss-reactive ketones (excluding diaryl/α,β-unsaturated/α-hetero) is 1. The van der Waals surface area contributed by atoms with Crippen molar-refractivity contribution >= 4 is 11.5 Å². The van der Waals surface area contributed by atoms with Crippen molar-refractivity contribution in [2.75, 3.05) is 31.6 Å². The summed E-state index contributed by atoms with van der Waals surface area (Å²) in [5.41, 5.74) is 5.98. The number of methoxy groups -OCH3 is 1. The number of rotatable bonds is 12. The predicted molar refractivity (Wildman–Crippen MR) is 135 cm³/mol. The lowest BCUT2D eigenvalue weighted by Crippen LogP contribution is -2.19. The topological polar surface area (TPSA) is 41.6 Å². The first-order valence-electron chi connectivity index (χ1n) is 12.0. The third kappa shape index (κ3) is 6.23. The van der Waals surface area contributed by atoms with Crippen molar-refractivity contribution in [3.8, 4) is 5.75 Å². The summed E-state index contributed by atoms with van der Waals surface area (Å²) < 4.78 is 5.40. The van der Waals surface area contributed by atoms with Crippen molar-refractivity contribution in [2.24, 2.45) is 0 Å². The number of anilines is 1. The van der Waals surface area contributed by atoms with Crippen molar-refractivity contribution in [2.45, 2.75) is 38.6 Å². The zero-order valence-electron chi connectivity index (χ0n) is 19.6. The molecule has 0 atom stereocenters. The van der Waals surface area contributed by atoms with E-state index in [2.05, 4.69) is 58.7 Å². The third-order valence-corrected chi connectivity index (χ3v) is 6.38. The molecule has 4 nitrogen and oxygen atoms in total. The maximum absolute atomic E-state index is 12.7. The lowest BCUT2D eigenvalue weighted by atomic mass is 10.0. The number of ether oxygens (including phenoxy) is 1. The molecule has 4 heteroatoms. The van der Waals surface area contributed by atoms with Crippen molar-refractivity contribution in [1.29, 1.82) is 0 Å². The van der Waals surface area contributed by atoms with Gasteiger partial charge in [-0.1, -0.05) is 48.5 Å². The fraction of sp³-hybridized carbons (Fsp3) is 0.345. The first kappa shape index (κ1) is 23.1. The van der Waals surface area contributed by atoms with E-state index < -0.39 is 0 Å². The largest absolute Gasteiger partial charge is 0.496 e. The van der Waals surface area contributed by atoms with Gasteiger partial charge >= 0.3 is 0 Å². The number of benzene rings is 3. The maximum atomic E-state index is 12.7. The fourth-order valence-electron chi connectivity index (χ4n) is 4.55. The molecular weight excluding hydrogens is 408 g/mol. The number of unbranched alkanes of at least 4 members (excludes halogenated alkanes) is 1. The van der Waals surface area contributed by atoms with Crippen LogP contribution in [0.2, 0.25) is 0 Å². The highest BCUT2D eigenvalue weighted by atomic mass is 16.5. The molecule has 33 heavy (non-hydrogen) atoms. The molecule has 0 bridgehead atoms. The van der Waals surface area contributed by atoms with Gasteiger partial charge in [0.15, 0.2) is 5.78 Å². The molecule has 0 radical (unpaired) electrons. The van der Waals surface area contributed by atoms with Crippen molar-refractivity contribution in [3.63, 3.8) is 0 Å². The molecule has 172 valence electrons. The molecule has 0 fully saturated rings. The van der Waals surface area contributed by atoms with Gasteiger partial charge in [-0.3, -0.25) is 4.79 Å². The summed E-state index contributed by atoms with van der Waals surface area (Å²) in [6, 6.07) is 25.0. The van der Waals surface area contributed by atoms with Gasteiger partial charge in [0.1, 0.15) is 5.75 Å². The first-order chi connectivity index (χ1) is 16.2. The number of nitrogens with zero attached hydrogens (tertiary/aromatic N) is 1. The highest BCUT2D eigenvalue weighted by molar-refractivity contribution is 5.96. The Morgan fingerprint density at radius 1 is 0.970 bits per heavy atom. The molecule has 0 aliphatic carbocycles. The van der Waals surface area contributed by atoms with E-state index in [0.717, 1.165) is 63.2 Å². The first-order valence-corrected chi connectivity index (χ1v) is 12.0. The van der Waals surface area contributed by atoms with Crippen LogP contribution in [0.5, 0.6) is 5.75 Å². The number of carbonyl (C=O) groups excluding carboxylic acids is 1. The summed E-state index contributed by atoms with van der Waals surface area (Å²) in [6.45, 7) is 3.78. The Bertz CT molecular complexity index is 1050. The second kappa shape index (κ2) is 11.7. The van der Waals surface area contributed by atoms with Gasteiger partial charge in [0.05, 0.1) is 7.11 Å². The molecule has 0 spiro atoms. The lowest BCUT2D eigenvalue weighted by molar-refractivity contribution is 0.0979. The van der Waals surface area contributed by atoms with Gasteiger partial charge in [0, 0.05) is 30.8 Å². The van der Waals surface area contributed by atoms with E-state index in [0.29, 0.717) is 6.42 Å².